The first-order valence-electron chi connectivity index (χ1n) is 12.0. The van der Waals surface area contributed by atoms with Crippen molar-refractivity contribution in [3.63, 3.8) is 0 Å². The number of nitrogens with two attached hydrogens (primary N) is 1. The second kappa shape index (κ2) is 10.8. The Hall–Kier alpha value is -2.98. The number of hydrogen-bond donors (Lipinski definition) is 4. The molecule has 4 heteroatoms. The number of hydrogen-bond acceptors (Lipinski definition) is 4. The van der Waals surface area contributed by atoms with Gasteiger partial charge in [-0.3, -0.25) is 0 Å². The Balaban J connectivity index is 1.58. The van der Waals surface area contributed by atoms with E-state index in [1.165, 1.54) is 34.4 Å². The van der Waals surface area contributed by atoms with Gasteiger partial charge in [-0.15, -0.1) is 0 Å². The maximum atomic E-state index is 5.98. The van der Waals surface area contributed by atoms with Crippen molar-refractivity contribution < 1.29 is 0 Å². The van der Waals surface area contributed by atoms with Crippen molar-refractivity contribution in [3.8, 4) is 0 Å². The minimum absolute atomic E-state index is 0.132. The average molecular weight is 445 g/mol. The van der Waals surface area contributed by atoms with Gasteiger partial charge in [-0.05, 0) is 74.1 Å². The maximum absolute atomic E-state index is 5.98. The molecule has 2 aromatic rings. The van der Waals surface area contributed by atoms with Crippen LogP contribution in [-0.4, -0.2) is 18.6 Å². The van der Waals surface area contributed by atoms with Gasteiger partial charge in [0.2, 0.25) is 0 Å². The molecule has 2 aromatic carbocycles. The molecule has 5 N–H and O–H groups in total. The molecule has 176 valence electrons. The first kappa shape index (κ1) is 24.7. The third-order valence-corrected chi connectivity index (χ3v) is 6.85. The normalized spacial score (nSPS) is 20.1. The fourth-order valence-electron chi connectivity index (χ4n) is 5.11. The van der Waals surface area contributed by atoms with Gasteiger partial charge in [0.25, 0.3) is 0 Å². The van der Waals surface area contributed by atoms with E-state index in [-0.39, 0.29) is 5.54 Å². The number of anilines is 1. The van der Waals surface area contributed by atoms with E-state index >= 15 is 0 Å². The number of benzene rings is 2. The lowest BCUT2D eigenvalue weighted by molar-refractivity contribution is 0.277. The predicted molar refractivity (Wildman–Crippen MR) is 144 cm³/mol. The molecule has 4 nitrogen and oxygen atoms in total. The molecule has 1 unspecified atom stereocenters. The van der Waals surface area contributed by atoms with E-state index in [4.69, 9.17) is 5.73 Å². The van der Waals surface area contributed by atoms with Gasteiger partial charge in [0.15, 0.2) is 0 Å². The standard InChI is InChI=1S/C29H40N4/c1-7-23-9-11-24(12-10-23)19-32-27(18-30)25-15-20(3)28(21(4)16-25)31-13-14-33-29(6)17-22(5)26(29)8-2/h7,9-12,15-18,26,31-33H,1,8,13-14,19,30H2,2-6H3/b27-18-/t26-,29?/m0/s1. The van der Waals surface area contributed by atoms with E-state index in [2.05, 4.69) is 99.6 Å². The van der Waals surface area contributed by atoms with Crippen molar-refractivity contribution in [2.24, 2.45) is 11.7 Å². The van der Waals surface area contributed by atoms with Crippen molar-refractivity contribution in [2.75, 3.05) is 18.4 Å². The number of rotatable bonds is 11. The first-order chi connectivity index (χ1) is 15.8. The van der Waals surface area contributed by atoms with Crippen LogP contribution in [0.3, 0.4) is 0 Å². The van der Waals surface area contributed by atoms with Gasteiger partial charge in [0.05, 0.1) is 5.70 Å². The molecule has 0 heterocycles. The largest absolute Gasteiger partial charge is 0.403 e. The molecule has 0 fully saturated rings. The Labute approximate surface area is 200 Å². The van der Waals surface area contributed by atoms with Crippen LogP contribution in [0.25, 0.3) is 11.8 Å². The fraction of sp³-hybridized carbons (Fsp3) is 0.379. The van der Waals surface area contributed by atoms with Crippen LogP contribution in [0.2, 0.25) is 0 Å². The zero-order chi connectivity index (χ0) is 24.0. The zero-order valence-corrected chi connectivity index (χ0v) is 20.9. The number of aryl methyl sites for hydroxylation is 2. The van der Waals surface area contributed by atoms with E-state index < -0.39 is 0 Å². The quantitative estimate of drug-likeness (QED) is 0.264. The Kier molecular flexibility index (Phi) is 8.04. The van der Waals surface area contributed by atoms with E-state index in [0.717, 1.165) is 36.5 Å². The van der Waals surface area contributed by atoms with Gasteiger partial charge in [-0.1, -0.05) is 55.5 Å². The van der Waals surface area contributed by atoms with Crippen molar-refractivity contribution in [1.82, 2.24) is 10.6 Å². The van der Waals surface area contributed by atoms with Crippen LogP contribution in [0.15, 0.2) is 60.8 Å². The number of nitrogens with one attached hydrogen (secondary N) is 3. The van der Waals surface area contributed by atoms with Crippen LogP contribution in [0.1, 0.15) is 55.0 Å². The van der Waals surface area contributed by atoms with Crippen LogP contribution in [-0.2, 0) is 6.54 Å². The molecule has 1 aliphatic rings. The third kappa shape index (κ3) is 5.69. The lowest BCUT2D eigenvalue weighted by atomic mass is 9.68. The highest BCUT2D eigenvalue weighted by atomic mass is 15.0. The second-order valence-electron chi connectivity index (χ2n) is 9.35. The smallest absolute Gasteiger partial charge is 0.0574 e. The van der Waals surface area contributed by atoms with Crippen LogP contribution in [0.5, 0.6) is 0 Å². The molecule has 0 saturated heterocycles. The van der Waals surface area contributed by atoms with E-state index in [1.807, 2.05) is 6.08 Å². The lowest BCUT2D eigenvalue weighted by Gasteiger charge is -2.45. The molecular weight excluding hydrogens is 404 g/mol. The van der Waals surface area contributed by atoms with Crippen molar-refractivity contribution in [3.05, 3.63) is 88.6 Å². The highest BCUT2D eigenvalue weighted by Gasteiger charge is 2.39. The van der Waals surface area contributed by atoms with Crippen LogP contribution in [0, 0.1) is 19.8 Å². The minimum atomic E-state index is 0.132. The molecule has 0 radical (unpaired) electrons. The molecule has 2 atom stereocenters. The van der Waals surface area contributed by atoms with Crippen molar-refractivity contribution in [2.45, 2.75) is 53.1 Å². The lowest BCUT2D eigenvalue weighted by Crippen LogP contribution is -2.54. The van der Waals surface area contributed by atoms with Gasteiger partial charge < -0.3 is 21.7 Å². The summed E-state index contributed by atoms with van der Waals surface area (Å²) in [7, 11) is 0. The third-order valence-electron chi connectivity index (χ3n) is 6.85. The van der Waals surface area contributed by atoms with Crippen molar-refractivity contribution in [1.29, 1.82) is 0 Å². The highest BCUT2D eigenvalue weighted by Crippen LogP contribution is 2.38. The van der Waals surface area contributed by atoms with Gasteiger partial charge in [-0.25, -0.2) is 0 Å². The topological polar surface area (TPSA) is 62.1 Å². The molecule has 0 bridgehead atoms. The van der Waals surface area contributed by atoms with Crippen molar-refractivity contribution >= 4 is 17.5 Å². The first-order valence-corrected chi connectivity index (χ1v) is 12.0. The van der Waals surface area contributed by atoms with E-state index in [1.54, 1.807) is 6.20 Å². The summed E-state index contributed by atoms with van der Waals surface area (Å²) >= 11 is 0. The summed E-state index contributed by atoms with van der Waals surface area (Å²) in [6, 6.07) is 12.8. The summed E-state index contributed by atoms with van der Waals surface area (Å²) in [5, 5.41) is 10.9. The van der Waals surface area contributed by atoms with E-state index in [0.29, 0.717) is 5.92 Å². The van der Waals surface area contributed by atoms with Crippen LogP contribution >= 0.6 is 0 Å². The molecule has 33 heavy (non-hydrogen) atoms. The molecule has 3 rings (SSSR count). The molecule has 0 saturated carbocycles. The zero-order valence-electron chi connectivity index (χ0n) is 20.9. The second-order valence-corrected chi connectivity index (χ2v) is 9.35. The van der Waals surface area contributed by atoms with Gasteiger partial charge >= 0.3 is 0 Å². The van der Waals surface area contributed by atoms with Crippen LogP contribution in [0.4, 0.5) is 5.69 Å². The Bertz CT molecular complexity index is 1010. The molecule has 1 aliphatic carbocycles. The van der Waals surface area contributed by atoms with Gasteiger partial charge in [-0.2, -0.15) is 0 Å². The van der Waals surface area contributed by atoms with Crippen LogP contribution < -0.4 is 21.7 Å². The Morgan fingerprint density at radius 3 is 2.30 bits per heavy atom. The summed E-state index contributed by atoms with van der Waals surface area (Å²) in [5.74, 6) is 0.647. The van der Waals surface area contributed by atoms with E-state index in [9.17, 15) is 0 Å². The average Bonchev–Trinajstić information content (AvgIpc) is 2.79. The molecule has 0 aliphatic heterocycles. The summed E-state index contributed by atoms with van der Waals surface area (Å²) in [5.41, 5.74) is 15.6. The molecule has 0 spiro atoms. The minimum Gasteiger partial charge on any atom is -0.403 e. The highest BCUT2D eigenvalue weighted by molar-refractivity contribution is 5.70. The molecule has 0 aromatic heterocycles. The summed E-state index contributed by atoms with van der Waals surface area (Å²) < 4.78 is 0. The Morgan fingerprint density at radius 2 is 1.76 bits per heavy atom. The SMILES string of the molecule is C=Cc1ccc(CN/C(=C\N)c2cc(C)c(NCCNC3(C)C=C(C)[C@@H]3CC)c(C)c2)cc1. The summed E-state index contributed by atoms with van der Waals surface area (Å²) in [6.45, 7) is 17.5. The predicted octanol–water partition coefficient (Wildman–Crippen LogP) is 5.74. The Morgan fingerprint density at radius 1 is 1.09 bits per heavy atom. The summed E-state index contributed by atoms with van der Waals surface area (Å²) in [6.07, 6.45) is 7.06. The van der Waals surface area contributed by atoms with Gasteiger partial charge in [0, 0.05) is 43.0 Å². The maximum Gasteiger partial charge on any atom is 0.0574 e. The molecule has 0 amide bonds. The fourth-order valence-corrected chi connectivity index (χ4v) is 5.11. The molecular formula is C29H40N4. The summed E-state index contributed by atoms with van der Waals surface area (Å²) in [4.78, 5) is 0. The van der Waals surface area contributed by atoms with Gasteiger partial charge in [0.1, 0.15) is 0 Å². The monoisotopic (exact) mass is 444 g/mol.